The van der Waals surface area contributed by atoms with Crippen LogP contribution in [-0.2, 0) is 15.9 Å². The molecule has 5 nitrogen and oxygen atoms in total. The smallest absolute Gasteiger partial charge is 0.185 e. The third kappa shape index (κ3) is 4.41. The molecule has 2 aliphatic rings. The third-order valence-corrected chi connectivity index (χ3v) is 5.58. The minimum atomic E-state index is 0.0397. The predicted octanol–water partition coefficient (Wildman–Crippen LogP) is 2.37. The molecular weight excluding hydrogens is 298 g/mol. The van der Waals surface area contributed by atoms with Gasteiger partial charge in [0.25, 0.3) is 0 Å². The van der Waals surface area contributed by atoms with Gasteiger partial charge in [-0.15, -0.1) is 11.3 Å². The van der Waals surface area contributed by atoms with E-state index in [1.165, 1.54) is 22.9 Å². The summed E-state index contributed by atoms with van der Waals surface area (Å²) in [4.78, 5) is 10.8. The van der Waals surface area contributed by atoms with Gasteiger partial charge in [0, 0.05) is 50.4 Å². The SMILES string of the molecule is CCc1cnc(N2CCN(CCO[C@@H]3CCCCO3)CC2)s1. The second-order valence-corrected chi connectivity index (χ2v) is 7.05. The standard InChI is InChI=1S/C16H27N3O2S/c1-2-14-13-17-16(22-14)19-8-6-18(7-9-19)10-12-21-15-5-3-4-11-20-15/h13,15H,2-12H2,1H3/t15-/m1/s1. The van der Waals surface area contributed by atoms with E-state index in [2.05, 4.69) is 21.7 Å². The molecule has 3 heterocycles. The molecule has 0 aliphatic carbocycles. The minimum Gasteiger partial charge on any atom is -0.353 e. The van der Waals surface area contributed by atoms with Gasteiger partial charge in [-0.05, 0) is 25.7 Å². The maximum Gasteiger partial charge on any atom is 0.185 e. The van der Waals surface area contributed by atoms with Crippen LogP contribution in [-0.4, -0.2) is 62.1 Å². The van der Waals surface area contributed by atoms with Crippen molar-refractivity contribution in [3.05, 3.63) is 11.1 Å². The lowest BCUT2D eigenvalue weighted by atomic mass is 10.2. The maximum atomic E-state index is 5.83. The highest BCUT2D eigenvalue weighted by Gasteiger charge is 2.20. The Labute approximate surface area is 137 Å². The van der Waals surface area contributed by atoms with Gasteiger partial charge in [0.05, 0.1) is 6.61 Å². The van der Waals surface area contributed by atoms with E-state index in [0.29, 0.717) is 0 Å². The summed E-state index contributed by atoms with van der Waals surface area (Å²) >= 11 is 1.83. The fraction of sp³-hybridized carbons (Fsp3) is 0.812. The minimum absolute atomic E-state index is 0.0397. The number of piperazine rings is 1. The molecule has 1 atom stereocenters. The van der Waals surface area contributed by atoms with E-state index in [1.807, 2.05) is 17.5 Å². The molecule has 0 bridgehead atoms. The summed E-state index contributed by atoms with van der Waals surface area (Å²) in [6.45, 7) is 9.15. The number of hydrogen-bond acceptors (Lipinski definition) is 6. The molecule has 22 heavy (non-hydrogen) atoms. The van der Waals surface area contributed by atoms with E-state index < -0.39 is 0 Å². The molecule has 1 aromatic rings. The van der Waals surface area contributed by atoms with Crippen LogP contribution in [0.15, 0.2) is 6.20 Å². The first-order valence-electron chi connectivity index (χ1n) is 8.50. The van der Waals surface area contributed by atoms with Gasteiger partial charge < -0.3 is 14.4 Å². The number of nitrogens with zero attached hydrogens (tertiary/aromatic N) is 3. The number of aryl methyl sites for hydroxylation is 1. The average Bonchev–Trinajstić information content (AvgIpc) is 3.06. The van der Waals surface area contributed by atoms with E-state index in [-0.39, 0.29) is 6.29 Å². The van der Waals surface area contributed by atoms with Gasteiger partial charge in [-0.25, -0.2) is 4.98 Å². The van der Waals surface area contributed by atoms with Crippen LogP contribution in [0.5, 0.6) is 0 Å². The summed E-state index contributed by atoms with van der Waals surface area (Å²) in [6.07, 6.45) is 6.60. The van der Waals surface area contributed by atoms with Gasteiger partial charge in [0.15, 0.2) is 11.4 Å². The number of ether oxygens (including phenoxy) is 2. The van der Waals surface area contributed by atoms with Gasteiger partial charge in [-0.2, -0.15) is 0 Å². The van der Waals surface area contributed by atoms with E-state index in [9.17, 15) is 0 Å². The van der Waals surface area contributed by atoms with E-state index in [1.54, 1.807) is 0 Å². The Hall–Kier alpha value is -0.690. The average molecular weight is 325 g/mol. The van der Waals surface area contributed by atoms with Gasteiger partial charge in [0.2, 0.25) is 0 Å². The fourth-order valence-electron chi connectivity index (χ4n) is 2.93. The van der Waals surface area contributed by atoms with Crippen LogP contribution in [0, 0.1) is 0 Å². The van der Waals surface area contributed by atoms with Crippen molar-refractivity contribution in [3.8, 4) is 0 Å². The molecule has 0 spiro atoms. The molecule has 0 saturated carbocycles. The largest absolute Gasteiger partial charge is 0.353 e. The van der Waals surface area contributed by atoms with Crippen molar-refractivity contribution in [2.75, 3.05) is 50.8 Å². The summed E-state index contributed by atoms with van der Waals surface area (Å²) in [6, 6.07) is 0. The lowest BCUT2D eigenvalue weighted by molar-refractivity contribution is -0.164. The molecule has 2 fully saturated rings. The van der Waals surface area contributed by atoms with Crippen molar-refractivity contribution in [1.29, 1.82) is 0 Å². The Bertz CT molecular complexity index is 440. The van der Waals surface area contributed by atoms with E-state index >= 15 is 0 Å². The fourth-order valence-corrected chi connectivity index (χ4v) is 3.83. The van der Waals surface area contributed by atoms with Crippen molar-refractivity contribution in [2.45, 2.75) is 38.9 Å². The van der Waals surface area contributed by atoms with Crippen LogP contribution in [0.1, 0.15) is 31.1 Å². The van der Waals surface area contributed by atoms with Crippen molar-refractivity contribution in [2.24, 2.45) is 0 Å². The second kappa shape index (κ2) is 8.24. The Morgan fingerprint density at radius 3 is 2.86 bits per heavy atom. The molecule has 0 N–H and O–H groups in total. The molecule has 6 heteroatoms. The maximum absolute atomic E-state index is 5.83. The third-order valence-electron chi connectivity index (χ3n) is 4.38. The Morgan fingerprint density at radius 1 is 1.32 bits per heavy atom. The van der Waals surface area contributed by atoms with Gasteiger partial charge in [0.1, 0.15) is 0 Å². The van der Waals surface area contributed by atoms with Crippen LogP contribution in [0.2, 0.25) is 0 Å². The monoisotopic (exact) mass is 325 g/mol. The molecule has 3 rings (SSSR count). The van der Waals surface area contributed by atoms with Crippen molar-refractivity contribution in [1.82, 2.24) is 9.88 Å². The van der Waals surface area contributed by atoms with Crippen LogP contribution in [0.25, 0.3) is 0 Å². The number of aromatic nitrogens is 1. The number of thiazole rings is 1. The highest BCUT2D eigenvalue weighted by Crippen LogP contribution is 2.23. The highest BCUT2D eigenvalue weighted by molar-refractivity contribution is 7.15. The van der Waals surface area contributed by atoms with E-state index in [0.717, 1.165) is 58.8 Å². The Morgan fingerprint density at radius 2 is 2.18 bits per heavy atom. The summed E-state index contributed by atoms with van der Waals surface area (Å²) in [7, 11) is 0. The quantitative estimate of drug-likeness (QED) is 0.803. The normalized spacial score (nSPS) is 23.9. The second-order valence-electron chi connectivity index (χ2n) is 5.96. The van der Waals surface area contributed by atoms with Crippen LogP contribution in [0.3, 0.4) is 0 Å². The zero-order valence-corrected chi connectivity index (χ0v) is 14.3. The molecule has 0 radical (unpaired) electrons. The number of rotatable bonds is 6. The first-order valence-corrected chi connectivity index (χ1v) is 9.32. The lowest BCUT2D eigenvalue weighted by Crippen LogP contribution is -2.47. The number of anilines is 1. The molecule has 1 aromatic heterocycles. The Balaban J connectivity index is 1.34. The van der Waals surface area contributed by atoms with Crippen LogP contribution in [0.4, 0.5) is 5.13 Å². The topological polar surface area (TPSA) is 37.8 Å². The first kappa shape index (κ1) is 16.2. The van der Waals surface area contributed by atoms with Crippen molar-refractivity contribution < 1.29 is 9.47 Å². The molecule has 0 unspecified atom stereocenters. The van der Waals surface area contributed by atoms with Crippen molar-refractivity contribution in [3.63, 3.8) is 0 Å². The van der Waals surface area contributed by atoms with E-state index in [4.69, 9.17) is 9.47 Å². The van der Waals surface area contributed by atoms with Gasteiger partial charge in [-0.3, -0.25) is 4.90 Å². The zero-order valence-electron chi connectivity index (χ0n) is 13.5. The molecule has 2 saturated heterocycles. The van der Waals surface area contributed by atoms with Gasteiger partial charge in [-0.1, -0.05) is 6.92 Å². The lowest BCUT2D eigenvalue weighted by Gasteiger charge is -2.34. The zero-order chi connectivity index (χ0) is 15.2. The summed E-state index contributed by atoms with van der Waals surface area (Å²) in [5.74, 6) is 0. The number of hydrogen-bond donors (Lipinski definition) is 0. The Kier molecular flexibility index (Phi) is 6.06. The first-order chi connectivity index (χ1) is 10.8. The predicted molar refractivity (Wildman–Crippen MR) is 89.7 cm³/mol. The molecule has 0 amide bonds. The van der Waals surface area contributed by atoms with Crippen LogP contribution >= 0.6 is 11.3 Å². The molecular formula is C16H27N3O2S. The van der Waals surface area contributed by atoms with Crippen molar-refractivity contribution >= 4 is 16.5 Å². The summed E-state index contributed by atoms with van der Waals surface area (Å²) in [5, 5.41) is 1.18. The molecule has 2 aliphatic heterocycles. The summed E-state index contributed by atoms with van der Waals surface area (Å²) in [5.41, 5.74) is 0. The molecule has 0 aromatic carbocycles. The molecule has 124 valence electrons. The summed E-state index contributed by atoms with van der Waals surface area (Å²) < 4.78 is 11.4. The van der Waals surface area contributed by atoms with Crippen LogP contribution < -0.4 is 4.90 Å². The van der Waals surface area contributed by atoms with Gasteiger partial charge >= 0.3 is 0 Å². The highest BCUT2D eigenvalue weighted by atomic mass is 32.1.